The first kappa shape index (κ1) is 18.2. The predicted octanol–water partition coefficient (Wildman–Crippen LogP) is 3.03. The van der Waals surface area contributed by atoms with Crippen LogP contribution in [-0.2, 0) is 10.0 Å². The molecule has 0 atom stereocenters. The molecule has 0 unspecified atom stereocenters. The number of nitrogens with one attached hydrogen (secondary N) is 1. The van der Waals surface area contributed by atoms with Crippen molar-refractivity contribution in [3.63, 3.8) is 0 Å². The summed E-state index contributed by atoms with van der Waals surface area (Å²) < 4.78 is 27.9. The van der Waals surface area contributed by atoms with Crippen molar-refractivity contribution in [1.82, 2.24) is 9.62 Å². The minimum Gasteiger partial charge on any atom is -0.302 e. The van der Waals surface area contributed by atoms with Gasteiger partial charge in [0, 0.05) is 18.5 Å². The van der Waals surface area contributed by atoms with Gasteiger partial charge >= 0.3 is 0 Å². The third kappa shape index (κ3) is 4.44. The van der Waals surface area contributed by atoms with Crippen molar-refractivity contribution in [2.45, 2.75) is 24.2 Å². The van der Waals surface area contributed by atoms with Crippen molar-refractivity contribution < 1.29 is 8.42 Å². The molecule has 4 nitrogen and oxygen atoms in total. The summed E-state index contributed by atoms with van der Waals surface area (Å²) in [5.41, 5.74) is 0. The Hall–Kier alpha value is -1.14. The number of halogens is 1. The van der Waals surface area contributed by atoms with E-state index >= 15 is 0 Å². The maximum atomic E-state index is 12.6. The molecule has 1 heterocycles. The lowest BCUT2D eigenvalue weighted by atomic mass is 10.1. The van der Waals surface area contributed by atoms with Gasteiger partial charge in [0.1, 0.15) is 0 Å². The van der Waals surface area contributed by atoms with Gasteiger partial charge in [-0.05, 0) is 37.4 Å². The molecule has 1 saturated heterocycles. The van der Waals surface area contributed by atoms with E-state index in [1.807, 2.05) is 30.3 Å². The van der Waals surface area contributed by atoms with Crippen LogP contribution in [0.1, 0.15) is 19.3 Å². The molecule has 0 radical (unpaired) electrons. The molecule has 126 valence electrons. The summed E-state index contributed by atoms with van der Waals surface area (Å²) in [6, 6.07) is 13.0. The highest BCUT2D eigenvalue weighted by Crippen LogP contribution is 2.22. The highest BCUT2D eigenvalue weighted by Gasteiger charge is 2.17. The lowest BCUT2D eigenvalue weighted by molar-refractivity contribution is 0.233. The van der Waals surface area contributed by atoms with Gasteiger partial charge in [-0.15, -0.1) is 12.4 Å². The van der Waals surface area contributed by atoms with E-state index in [1.165, 1.54) is 19.3 Å². The van der Waals surface area contributed by atoms with Crippen LogP contribution in [0.15, 0.2) is 47.4 Å². The number of likely N-dealkylation sites (tertiary alicyclic amines) is 1. The Kier molecular flexibility index (Phi) is 6.41. The third-order valence-electron chi connectivity index (χ3n) is 4.21. The minimum atomic E-state index is -3.46. The van der Waals surface area contributed by atoms with Crippen LogP contribution < -0.4 is 4.72 Å². The van der Waals surface area contributed by atoms with Crippen molar-refractivity contribution in [2.75, 3.05) is 26.2 Å². The largest absolute Gasteiger partial charge is 0.302 e. The van der Waals surface area contributed by atoms with E-state index in [0.29, 0.717) is 11.4 Å². The number of sulfonamides is 1. The number of fused-ring (bicyclic) bond motifs is 1. The van der Waals surface area contributed by atoms with Gasteiger partial charge in [-0.2, -0.15) is 0 Å². The molecule has 2 aromatic rings. The van der Waals surface area contributed by atoms with Crippen LogP contribution in [0.5, 0.6) is 0 Å². The average Bonchev–Trinajstić information content (AvgIpc) is 2.55. The Labute approximate surface area is 144 Å². The maximum absolute atomic E-state index is 12.6. The van der Waals surface area contributed by atoms with Crippen LogP contribution in [-0.4, -0.2) is 39.5 Å². The quantitative estimate of drug-likeness (QED) is 0.897. The number of piperidine rings is 1. The lowest BCUT2D eigenvalue weighted by Gasteiger charge is -2.26. The molecular weight excluding hydrogens is 332 g/mol. The summed E-state index contributed by atoms with van der Waals surface area (Å²) in [6.07, 6.45) is 3.73. The zero-order valence-electron chi connectivity index (χ0n) is 13.1. The zero-order chi connectivity index (χ0) is 15.4. The van der Waals surface area contributed by atoms with Gasteiger partial charge in [-0.1, -0.05) is 42.8 Å². The van der Waals surface area contributed by atoms with Crippen LogP contribution in [0.2, 0.25) is 0 Å². The van der Waals surface area contributed by atoms with Gasteiger partial charge < -0.3 is 4.90 Å². The average molecular weight is 355 g/mol. The second-order valence-electron chi connectivity index (χ2n) is 5.78. The Morgan fingerprint density at radius 2 is 1.65 bits per heavy atom. The van der Waals surface area contributed by atoms with Crippen LogP contribution >= 0.6 is 12.4 Å². The SMILES string of the molecule is Cl.O=S(=O)(NCCN1CCCCC1)c1cccc2ccccc12. The summed E-state index contributed by atoms with van der Waals surface area (Å²) >= 11 is 0. The highest BCUT2D eigenvalue weighted by atomic mass is 35.5. The molecular formula is C17H23ClN2O2S. The van der Waals surface area contributed by atoms with Crippen LogP contribution in [0, 0.1) is 0 Å². The van der Waals surface area contributed by atoms with Crippen molar-refractivity contribution in [1.29, 1.82) is 0 Å². The zero-order valence-corrected chi connectivity index (χ0v) is 14.7. The second kappa shape index (κ2) is 8.11. The van der Waals surface area contributed by atoms with Gasteiger partial charge in [0.15, 0.2) is 0 Å². The standard InChI is InChI=1S/C17H22N2O2S.ClH/c20-22(21,18-11-14-19-12-4-1-5-13-19)17-10-6-8-15-7-2-3-9-16(15)17;/h2-3,6-10,18H,1,4-5,11-14H2;1H. The van der Waals surface area contributed by atoms with Crippen molar-refractivity contribution in [2.24, 2.45) is 0 Å². The minimum absolute atomic E-state index is 0. The fourth-order valence-electron chi connectivity index (χ4n) is 3.03. The first-order valence-corrected chi connectivity index (χ1v) is 9.35. The number of rotatable bonds is 5. The molecule has 0 aromatic heterocycles. The summed E-state index contributed by atoms with van der Waals surface area (Å²) in [6.45, 7) is 3.40. The summed E-state index contributed by atoms with van der Waals surface area (Å²) in [5.74, 6) is 0. The van der Waals surface area contributed by atoms with E-state index in [4.69, 9.17) is 0 Å². The maximum Gasteiger partial charge on any atom is 0.241 e. The Bertz CT molecular complexity index is 738. The van der Waals surface area contributed by atoms with E-state index in [0.717, 1.165) is 30.4 Å². The van der Waals surface area contributed by atoms with Gasteiger partial charge in [-0.25, -0.2) is 13.1 Å². The first-order valence-electron chi connectivity index (χ1n) is 7.87. The summed E-state index contributed by atoms with van der Waals surface area (Å²) in [4.78, 5) is 2.69. The van der Waals surface area contributed by atoms with Gasteiger partial charge in [-0.3, -0.25) is 0 Å². The number of benzene rings is 2. The molecule has 3 rings (SSSR count). The normalized spacial score (nSPS) is 16.2. The molecule has 1 aliphatic heterocycles. The van der Waals surface area contributed by atoms with Gasteiger partial charge in [0.2, 0.25) is 10.0 Å². The van der Waals surface area contributed by atoms with Gasteiger partial charge in [0.05, 0.1) is 4.90 Å². The first-order chi connectivity index (χ1) is 10.7. The van der Waals surface area contributed by atoms with Crippen molar-refractivity contribution in [3.05, 3.63) is 42.5 Å². The number of nitrogens with zero attached hydrogens (tertiary/aromatic N) is 1. The molecule has 0 spiro atoms. The smallest absolute Gasteiger partial charge is 0.241 e. The summed E-state index contributed by atoms with van der Waals surface area (Å²) in [5, 5.41) is 1.72. The van der Waals surface area contributed by atoms with Crippen LogP contribution in [0.3, 0.4) is 0 Å². The number of hydrogen-bond donors (Lipinski definition) is 1. The van der Waals surface area contributed by atoms with E-state index in [-0.39, 0.29) is 12.4 Å². The molecule has 0 bridgehead atoms. The van der Waals surface area contributed by atoms with Crippen LogP contribution in [0.4, 0.5) is 0 Å². The molecule has 6 heteroatoms. The summed E-state index contributed by atoms with van der Waals surface area (Å²) in [7, 11) is -3.46. The van der Waals surface area contributed by atoms with E-state index < -0.39 is 10.0 Å². The highest BCUT2D eigenvalue weighted by molar-refractivity contribution is 7.89. The third-order valence-corrected chi connectivity index (χ3v) is 5.73. The van der Waals surface area contributed by atoms with Gasteiger partial charge in [0.25, 0.3) is 0 Å². The monoisotopic (exact) mass is 354 g/mol. The molecule has 1 N–H and O–H groups in total. The topological polar surface area (TPSA) is 49.4 Å². The molecule has 2 aromatic carbocycles. The van der Waals surface area contributed by atoms with Crippen LogP contribution in [0.25, 0.3) is 10.8 Å². The predicted molar refractivity (Wildman–Crippen MR) is 96.7 cm³/mol. The molecule has 0 aliphatic carbocycles. The Balaban J connectivity index is 0.00000192. The van der Waals surface area contributed by atoms with E-state index in [1.54, 1.807) is 12.1 Å². The Morgan fingerprint density at radius 3 is 2.43 bits per heavy atom. The molecule has 0 saturated carbocycles. The fraction of sp³-hybridized carbons (Fsp3) is 0.412. The lowest BCUT2D eigenvalue weighted by Crippen LogP contribution is -2.37. The fourth-order valence-corrected chi connectivity index (χ4v) is 4.28. The van der Waals surface area contributed by atoms with E-state index in [9.17, 15) is 8.42 Å². The van der Waals surface area contributed by atoms with Crippen molar-refractivity contribution >= 4 is 33.2 Å². The number of hydrogen-bond acceptors (Lipinski definition) is 3. The Morgan fingerprint density at radius 1 is 0.957 bits per heavy atom. The van der Waals surface area contributed by atoms with E-state index in [2.05, 4.69) is 9.62 Å². The van der Waals surface area contributed by atoms with Crippen molar-refractivity contribution in [3.8, 4) is 0 Å². The molecule has 0 amide bonds. The molecule has 23 heavy (non-hydrogen) atoms. The molecule has 1 fully saturated rings. The second-order valence-corrected chi connectivity index (χ2v) is 7.51. The molecule has 1 aliphatic rings.